The van der Waals surface area contributed by atoms with Crippen molar-refractivity contribution >= 4 is 0 Å². The van der Waals surface area contributed by atoms with Crippen LogP contribution in [-0.4, -0.2) is 15.2 Å². The van der Waals surface area contributed by atoms with Crippen LogP contribution in [0.3, 0.4) is 0 Å². The molecular weight excluding hydrogens is 260 g/mol. The van der Waals surface area contributed by atoms with Gasteiger partial charge >= 0.3 is 0 Å². The van der Waals surface area contributed by atoms with Crippen molar-refractivity contribution in [2.24, 2.45) is 0 Å². The van der Waals surface area contributed by atoms with Crippen molar-refractivity contribution in [3.05, 3.63) is 35.2 Å². The van der Waals surface area contributed by atoms with Crippen molar-refractivity contribution in [1.29, 1.82) is 0 Å². The molecule has 1 aliphatic rings. The number of aryl methyl sites for hydroxylation is 1. The maximum Gasteiger partial charge on any atom is 0.187 e. The van der Waals surface area contributed by atoms with E-state index in [-0.39, 0.29) is 11.4 Å². The maximum atomic E-state index is 14.1. The maximum absolute atomic E-state index is 14.1. The largest absolute Gasteiger partial charge is 0.262 e. The molecule has 0 aliphatic heterocycles. The Bertz CT molecular complexity index is 616. The number of H-pyrrole nitrogens is 1. The molecule has 1 saturated carbocycles. The van der Waals surface area contributed by atoms with Crippen LogP contribution in [0.2, 0.25) is 0 Å². The molecule has 1 aliphatic carbocycles. The highest BCUT2D eigenvalue weighted by atomic mass is 19.1. The molecule has 5 heteroatoms. The number of rotatable bonds is 2. The highest BCUT2D eigenvalue weighted by Gasteiger charge is 2.22. The summed E-state index contributed by atoms with van der Waals surface area (Å²) in [6, 6.07) is 2.67. The van der Waals surface area contributed by atoms with E-state index in [2.05, 4.69) is 15.2 Å². The molecule has 0 bridgehead atoms. The third-order valence-electron chi connectivity index (χ3n) is 4.00. The minimum absolute atomic E-state index is 0.115. The van der Waals surface area contributed by atoms with Crippen molar-refractivity contribution in [1.82, 2.24) is 15.2 Å². The Labute approximate surface area is 116 Å². The van der Waals surface area contributed by atoms with E-state index in [1.54, 1.807) is 6.92 Å². The second-order valence-electron chi connectivity index (χ2n) is 5.43. The van der Waals surface area contributed by atoms with Gasteiger partial charge in [0.15, 0.2) is 5.82 Å². The van der Waals surface area contributed by atoms with E-state index in [1.807, 2.05) is 0 Å². The van der Waals surface area contributed by atoms with Gasteiger partial charge in [0.2, 0.25) is 0 Å². The van der Waals surface area contributed by atoms with Gasteiger partial charge in [-0.2, -0.15) is 5.10 Å². The first-order chi connectivity index (χ1) is 9.66. The van der Waals surface area contributed by atoms with Gasteiger partial charge in [0.25, 0.3) is 0 Å². The molecule has 0 amide bonds. The first-order valence-electron chi connectivity index (χ1n) is 7.04. The highest BCUT2D eigenvalue weighted by molar-refractivity contribution is 5.58. The lowest BCUT2D eigenvalue weighted by molar-refractivity contribution is 0.429. The number of halogens is 2. The molecule has 0 saturated heterocycles. The lowest BCUT2D eigenvalue weighted by Gasteiger charge is -2.18. The van der Waals surface area contributed by atoms with Crippen LogP contribution in [0.25, 0.3) is 11.4 Å². The van der Waals surface area contributed by atoms with Crippen LogP contribution < -0.4 is 0 Å². The summed E-state index contributed by atoms with van der Waals surface area (Å²) in [6.45, 7) is 1.60. The summed E-state index contributed by atoms with van der Waals surface area (Å²) < 4.78 is 27.9. The number of aromatic amines is 1. The van der Waals surface area contributed by atoms with Crippen LogP contribution in [-0.2, 0) is 0 Å². The predicted molar refractivity (Wildman–Crippen MR) is 72.3 cm³/mol. The molecule has 20 heavy (non-hydrogen) atoms. The normalized spacial score (nSPS) is 16.6. The van der Waals surface area contributed by atoms with E-state index in [9.17, 15) is 8.78 Å². The number of nitrogens with zero attached hydrogens (tertiary/aromatic N) is 2. The number of nitrogens with one attached hydrogen (secondary N) is 1. The molecule has 2 aromatic rings. The fourth-order valence-corrected chi connectivity index (χ4v) is 2.81. The van der Waals surface area contributed by atoms with Gasteiger partial charge in [-0.3, -0.25) is 5.10 Å². The number of hydrogen-bond acceptors (Lipinski definition) is 2. The monoisotopic (exact) mass is 277 g/mol. The Hall–Kier alpha value is -1.78. The molecule has 3 rings (SSSR count). The van der Waals surface area contributed by atoms with Gasteiger partial charge in [-0.1, -0.05) is 25.3 Å². The first-order valence-corrected chi connectivity index (χ1v) is 7.04. The number of benzene rings is 1. The molecule has 3 nitrogen and oxygen atoms in total. The quantitative estimate of drug-likeness (QED) is 0.897. The predicted octanol–water partition coefficient (Wildman–Crippen LogP) is 4.11. The molecule has 1 N–H and O–H groups in total. The van der Waals surface area contributed by atoms with Gasteiger partial charge in [0.05, 0.1) is 5.56 Å². The van der Waals surface area contributed by atoms with Crippen molar-refractivity contribution in [3.63, 3.8) is 0 Å². The summed E-state index contributed by atoms with van der Waals surface area (Å²) in [7, 11) is 0. The minimum atomic E-state index is -0.623. The van der Waals surface area contributed by atoms with Crippen LogP contribution in [0, 0.1) is 18.6 Å². The molecule has 0 radical (unpaired) electrons. The van der Waals surface area contributed by atoms with E-state index in [1.165, 1.54) is 31.4 Å². The van der Waals surface area contributed by atoms with Crippen LogP contribution in [0.1, 0.15) is 49.4 Å². The highest BCUT2D eigenvalue weighted by Crippen LogP contribution is 2.32. The van der Waals surface area contributed by atoms with Crippen molar-refractivity contribution < 1.29 is 8.78 Å². The minimum Gasteiger partial charge on any atom is -0.262 e. The Balaban J connectivity index is 1.96. The van der Waals surface area contributed by atoms with E-state index < -0.39 is 11.6 Å². The molecule has 0 atom stereocenters. The van der Waals surface area contributed by atoms with Gasteiger partial charge in [-0.25, -0.2) is 13.8 Å². The summed E-state index contributed by atoms with van der Waals surface area (Å²) >= 11 is 0. The topological polar surface area (TPSA) is 41.6 Å². The molecule has 1 heterocycles. The molecule has 1 aromatic carbocycles. The van der Waals surface area contributed by atoms with E-state index in [0.29, 0.717) is 11.5 Å². The second-order valence-corrected chi connectivity index (χ2v) is 5.43. The summed E-state index contributed by atoms with van der Waals surface area (Å²) in [5, 5.41) is 6.86. The van der Waals surface area contributed by atoms with E-state index in [4.69, 9.17) is 0 Å². The lowest BCUT2D eigenvalue weighted by atomic mass is 9.89. The molecule has 1 aromatic heterocycles. The van der Waals surface area contributed by atoms with E-state index in [0.717, 1.165) is 18.7 Å². The zero-order valence-electron chi connectivity index (χ0n) is 11.4. The number of aromatic nitrogens is 3. The fraction of sp³-hybridized carbons (Fsp3) is 0.467. The molecular formula is C15H17F2N3. The van der Waals surface area contributed by atoms with Gasteiger partial charge in [0, 0.05) is 5.92 Å². The zero-order chi connectivity index (χ0) is 14.1. The fourth-order valence-electron chi connectivity index (χ4n) is 2.81. The van der Waals surface area contributed by atoms with Gasteiger partial charge < -0.3 is 0 Å². The zero-order valence-corrected chi connectivity index (χ0v) is 11.4. The number of hydrogen-bond donors (Lipinski definition) is 1. The summed E-state index contributed by atoms with van der Waals surface area (Å²) in [4.78, 5) is 4.32. The molecule has 106 valence electrons. The third kappa shape index (κ3) is 2.32. The van der Waals surface area contributed by atoms with Crippen LogP contribution in [0.15, 0.2) is 12.1 Å². The average molecular weight is 277 g/mol. The van der Waals surface area contributed by atoms with Gasteiger partial charge in [-0.05, 0) is 31.4 Å². The standard InChI is InChI=1S/C15H17F2N3/c1-9-7-8-11(16)12(13(9)17)15-18-14(19-20-15)10-5-3-2-4-6-10/h7-8,10H,2-6H2,1H3,(H,18,19,20). The van der Waals surface area contributed by atoms with Crippen LogP contribution in [0.5, 0.6) is 0 Å². The lowest BCUT2D eigenvalue weighted by Crippen LogP contribution is -2.06. The third-order valence-corrected chi connectivity index (χ3v) is 4.00. The Morgan fingerprint density at radius 1 is 1.15 bits per heavy atom. The van der Waals surface area contributed by atoms with Gasteiger partial charge in [-0.15, -0.1) is 0 Å². The van der Waals surface area contributed by atoms with Crippen molar-refractivity contribution in [2.45, 2.75) is 44.9 Å². The van der Waals surface area contributed by atoms with E-state index >= 15 is 0 Å². The van der Waals surface area contributed by atoms with Crippen molar-refractivity contribution in [3.8, 4) is 11.4 Å². The Morgan fingerprint density at radius 2 is 1.90 bits per heavy atom. The van der Waals surface area contributed by atoms with Crippen LogP contribution >= 0.6 is 0 Å². The Morgan fingerprint density at radius 3 is 2.65 bits per heavy atom. The smallest absolute Gasteiger partial charge is 0.187 e. The second kappa shape index (κ2) is 5.31. The summed E-state index contributed by atoms with van der Waals surface area (Å²) in [6.07, 6.45) is 5.72. The first kappa shape index (κ1) is 13.2. The Kier molecular flexibility index (Phi) is 3.51. The molecule has 0 spiro atoms. The molecule has 1 fully saturated rings. The SMILES string of the molecule is Cc1ccc(F)c(-c2n[nH]c(C3CCCCC3)n2)c1F. The van der Waals surface area contributed by atoms with Crippen LogP contribution in [0.4, 0.5) is 8.78 Å². The average Bonchev–Trinajstić information content (AvgIpc) is 2.94. The summed E-state index contributed by atoms with van der Waals surface area (Å²) in [5.41, 5.74) is 0.258. The van der Waals surface area contributed by atoms with Crippen molar-refractivity contribution in [2.75, 3.05) is 0 Å². The molecule has 0 unspecified atom stereocenters. The summed E-state index contributed by atoms with van der Waals surface area (Å²) in [5.74, 6) is -0.00769. The van der Waals surface area contributed by atoms with Gasteiger partial charge in [0.1, 0.15) is 17.5 Å².